The summed E-state index contributed by atoms with van der Waals surface area (Å²) < 4.78 is 1.09. The molecule has 1 aromatic rings. The first-order chi connectivity index (χ1) is 6.27. The van der Waals surface area contributed by atoms with Crippen LogP contribution in [0, 0.1) is 0 Å². The summed E-state index contributed by atoms with van der Waals surface area (Å²) in [5.41, 5.74) is 2.97. The summed E-state index contributed by atoms with van der Waals surface area (Å²) >= 11 is 0. The zero-order valence-corrected chi connectivity index (χ0v) is 7.44. The van der Waals surface area contributed by atoms with Gasteiger partial charge in [0.2, 0.25) is 0 Å². The third-order valence-electron chi connectivity index (χ3n) is 1.39. The number of aromatic amines is 1. The van der Waals surface area contributed by atoms with Gasteiger partial charge >= 0.3 is 5.69 Å². The lowest BCUT2D eigenvalue weighted by molar-refractivity contribution is 0.116. The molecule has 0 fully saturated rings. The second kappa shape index (κ2) is 4.41. The molecule has 0 spiro atoms. The number of hydroxylamine groups is 1. The Labute approximate surface area is 74.3 Å². The van der Waals surface area contributed by atoms with Gasteiger partial charge in [-0.1, -0.05) is 6.92 Å². The highest BCUT2D eigenvalue weighted by Gasteiger charge is 1.97. The summed E-state index contributed by atoms with van der Waals surface area (Å²) in [6, 6.07) is 0. The molecule has 0 saturated carbocycles. The quantitative estimate of drug-likeness (QED) is 0.607. The molecule has 0 aliphatic heterocycles. The predicted octanol–water partition coefficient (Wildman–Crippen LogP) is -0.674. The maximum atomic E-state index is 10.9. The van der Waals surface area contributed by atoms with Crippen LogP contribution in [0.2, 0.25) is 0 Å². The molecule has 0 atom stereocenters. The van der Waals surface area contributed by atoms with Crippen molar-refractivity contribution in [1.82, 2.24) is 25.7 Å². The van der Waals surface area contributed by atoms with E-state index in [1.165, 1.54) is 13.3 Å². The number of H-pyrrole nitrogens is 1. The number of hydrogen-bond acceptors (Lipinski definition) is 5. The molecule has 1 aromatic heterocycles. The lowest BCUT2D eigenvalue weighted by Crippen LogP contribution is -2.17. The second-order valence-electron chi connectivity index (χ2n) is 2.27. The summed E-state index contributed by atoms with van der Waals surface area (Å²) in [6.07, 6.45) is 2.21. The minimum atomic E-state index is -0.385. The third kappa shape index (κ3) is 2.41. The molecule has 0 aromatic carbocycles. The Morgan fingerprint density at radius 3 is 3.08 bits per heavy atom. The van der Waals surface area contributed by atoms with Crippen LogP contribution >= 0.6 is 0 Å². The number of aromatic nitrogens is 4. The van der Waals surface area contributed by atoms with Crippen LogP contribution in [0.3, 0.4) is 0 Å². The molecule has 0 bridgehead atoms. The van der Waals surface area contributed by atoms with Gasteiger partial charge in [-0.25, -0.2) is 9.89 Å². The fourth-order valence-corrected chi connectivity index (χ4v) is 0.758. The molecule has 72 valence electrons. The summed E-state index contributed by atoms with van der Waals surface area (Å²) in [5, 5.41) is 9.02. The molecule has 0 aliphatic carbocycles. The van der Waals surface area contributed by atoms with Crippen LogP contribution in [0.1, 0.15) is 13.3 Å². The van der Waals surface area contributed by atoms with Crippen molar-refractivity contribution in [1.29, 1.82) is 0 Å². The van der Waals surface area contributed by atoms with Gasteiger partial charge in [-0.15, -0.1) is 0 Å². The monoisotopic (exact) mass is 185 g/mol. The molecule has 0 amide bonds. The first-order valence-corrected chi connectivity index (χ1v) is 3.77. The number of tetrazole rings is 1. The van der Waals surface area contributed by atoms with Gasteiger partial charge in [-0.3, -0.25) is 10.3 Å². The van der Waals surface area contributed by atoms with Crippen LogP contribution in [0.25, 0.3) is 6.20 Å². The highest BCUT2D eigenvalue weighted by atomic mass is 16.6. The minimum Gasteiger partial charge on any atom is -0.280 e. The Kier molecular flexibility index (Phi) is 3.21. The molecule has 1 rings (SSSR count). The Hall–Kier alpha value is -1.63. The Balaban J connectivity index is 2.84. The van der Waals surface area contributed by atoms with Gasteiger partial charge in [0, 0.05) is 0 Å². The standard InChI is InChI=1S/C6H11N5O2/c1-3-5(8-13-2)4-11-6(12)7-9-10-11/h4,8H,3H2,1-2H3,(H,7,10,12). The Morgan fingerprint density at radius 1 is 1.85 bits per heavy atom. The van der Waals surface area contributed by atoms with Crippen molar-refractivity contribution in [2.45, 2.75) is 13.3 Å². The topological polar surface area (TPSA) is 84.8 Å². The largest absolute Gasteiger partial charge is 0.365 e. The van der Waals surface area contributed by atoms with Gasteiger partial charge in [0.15, 0.2) is 0 Å². The van der Waals surface area contributed by atoms with E-state index in [-0.39, 0.29) is 5.69 Å². The molecule has 0 unspecified atom stereocenters. The fourth-order valence-electron chi connectivity index (χ4n) is 0.758. The molecule has 7 heteroatoms. The van der Waals surface area contributed by atoms with Gasteiger partial charge in [-0.05, 0) is 16.8 Å². The third-order valence-corrected chi connectivity index (χ3v) is 1.39. The molecule has 0 saturated heterocycles. The lowest BCUT2D eigenvalue weighted by Gasteiger charge is -2.03. The molecule has 1 heterocycles. The van der Waals surface area contributed by atoms with E-state index in [1.54, 1.807) is 0 Å². The van der Waals surface area contributed by atoms with Crippen LogP contribution in [-0.4, -0.2) is 27.3 Å². The minimum absolute atomic E-state index is 0.385. The van der Waals surface area contributed by atoms with E-state index < -0.39 is 0 Å². The molecule has 2 N–H and O–H groups in total. The number of hydrogen-bond donors (Lipinski definition) is 2. The van der Waals surface area contributed by atoms with Crippen molar-refractivity contribution >= 4 is 6.20 Å². The van der Waals surface area contributed by atoms with E-state index in [0.29, 0.717) is 6.42 Å². The van der Waals surface area contributed by atoms with Crippen molar-refractivity contribution in [3.05, 3.63) is 16.2 Å². The molecule has 13 heavy (non-hydrogen) atoms. The van der Waals surface area contributed by atoms with E-state index in [9.17, 15) is 4.79 Å². The van der Waals surface area contributed by atoms with Crippen LogP contribution in [0.15, 0.2) is 10.5 Å². The lowest BCUT2D eigenvalue weighted by atomic mass is 10.4. The van der Waals surface area contributed by atoms with E-state index >= 15 is 0 Å². The maximum absolute atomic E-state index is 10.9. The zero-order valence-electron chi connectivity index (χ0n) is 7.44. The molecule has 0 radical (unpaired) electrons. The van der Waals surface area contributed by atoms with Crippen LogP contribution < -0.4 is 11.2 Å². The van der Waals surface area contributed by atoms with Gasteiger partial charge in [-0.2, -0.15) is 4.68 Å². The van der Waals surface area contributed by atoms with Gasteiger partial charge in [0.05, 0.1) is 19.0 Å². The molecular formula is C6H11N5O2. The predicted molar refractivity (Wildman–Crippen MR) is 45.4 cm³/mol. The summed E-state index contributed by atoms with van der Waals surface area (Å²) in [7, 11) is 1.50. The second-order valence-corrected chi connectivity index (χ2v) is 2.27. The highest BCUT2D eigenvalue weighted by Crippen LogP contribution is 1.95. The van der Waals surface area contributed by atoms with E-state index in [0.717, 1.165) is 10.4 Å². The fraction of sp³-hybridized carbons (Fsp3) is 0.500. The van der Waals surface area contributed by atoms with E-state index in [1.807, 2.05) is 6.92 Å². The molecule has 7 nitrogen and oxygen atoms in total. The Bertz CT molecular complexity index is 339. The van der Waals surface area contributed by atoms with Crippen molar-refractivity contribution in [3.63, 3.8) is 0 Å². The summed E-state index contributed by atoms with van der Waals surface area (Å²) in [4.78, 5) is 15.6. The van der Waals surface area contributed by atoms with Crippen LogP contribution in [-0.2, 0) is 4.84 Å². The number of rotatable bonds is 4. The van der Waals surface area contributed by atoms with Crippen LogP contribution in [0.4, 0.5) is 0 Å². The van der Waals surface area contributed by atoms with Crippen molar-refractivity contribution < 1.29 is 4.84 Å². The zero-order chi connectivity index (χ0) is 9.68. The summed E-state index contributed by atoms with van der Waals surface area (Å²) in [5.74, 6) is 0. The maximum Gasteiger partial charge on any atom is 0.365 e. The van der Waals surface area contributed by atoms with E-state index in [4.69, 9.17) is 4.84 Å². The molecular weight excluding hydrogens is 174 g/mol. The number of nitrogens with one attached hydrogen (secondary N) is 2. The van der Waals surface area contributed by atoms with Gasteiger partial charge < -0.3 is 0 Å². The normalized spacial score (nSPS) is 11.7. The first kappa shape index (κ1) is 9.46. The highest BCUT2D eigenvalue weighted by molar-refractivity contribution is 5.25. The average molecular weight is 185 g/mol. The van der Waals surface area contributed by atoms with Crippen molar-refractivity contribution in [2.24, 2.45) is 0 Å². The SMILES string of the molecule is CCC(=Cn1nn[nH]c1=O)NOC. The average Bonchev–Trinajstić information content (AvgIpc) is 2.51. The summed E-state index contributed by atoms with van der Waals surface area (Å²) in [6.45, 7) is 1.92. The van der Waals surface area contributed by atoms with Crippen molar-refractivity contribution in [2.75, 3.05) is 7.11 Å². The number of allylic oxidation sites excluding steroid dienone is 1. The molecule has 0 aliphatic rings. The van der Waals surface area contributed by atoms with Gasteiger partial charge in [0.1, 0.15) is 0 Å². The van der Waals surface area contributed by atoms with Crippen LogP contribution in [0.5, 0.6) is 0 Å². The smallest absolute Gasteiger partial charge is 0.280 e. The van der Waals surface area contributed by atoms with E-state index in [2.05, 4.69) is 21.0 Å². The number of nitrogens with zero attached hydrogens (tertiary/aromatic N) is 3. The Morgan fingerprint density at radius 2 is 2.62 bits per heavy atom. The van der Waals surface area contributed by atoms with Crippen molar-refractivity contribution in [3.8, 4) is 0 Å². The first-order valence-electron chi connectivity index (χ1n) is 3.77. The van der Waals surface area contributed by atoms with Gasteiger partial charge in [0.25, 0.3) is 0 Å².